The summed E-state index contributed by atoms with van der Waals surface area (Å²) in [5.41, 5.74) is 0.341. The Balaban J connectivity index is 3.26. The molecule has 0 heterocycles. The molecule has 1 aromatic rings. The van der Waals surface area contributed by atoms with E-state index in [4.69, 9.17) is 0 Å². The van der Waals surface area contributed by atoms with Gasteiger partial charge in [0, 0.05) is 18.7 Å². The fraction of sp³-hybridized carbons (Fsp3) is 0.250. The molecule has 0 atom stereocenters. The molecular weight excluding hydrogens is 231 g/mol. The zero-order valence-corrected chi connectivity index (χ0v) is 9.81. The average molecular weight is 242 g/mol. The van der Waals surface area contributed by atoms with Gasteiger partial charge in [0.15, 0.2) is 18.7 Å². The number of nitro benzene ring substituents is 1. The third-order valence-electron chi connectivity index (χ3n) is 1.96. The molecule has 1 rings (SSSR count). The van der Waals surface area contributed by atoms with Crippen molar-refractivity contribution in [1.82, 2.24) is 4.81 Å². The van der Waals surface area contributed by atoms with E-state index in [1.54, 1.807) is 19.8 Å². The smallest absolute Gasteiger partial charge is 0.269 e. The molecule has 86 valence electrons. The Labute approximate surface area is 95.4 Å². The van der Waals surface area contributed by atoms with Gasteiger partial charge >= 0.3 is 0 Å². The fourth-order valence-electron chi connectivity index (χ4n) is 1.33. The molecule has 0 saturated heterocycles. The standard InChI is InChI=1S/C8H11BN2O4S/c1-10(9)5-6-4-7(11(12)13)2-3-8(6)16(14)15/h2-4,16H,5,9H2,1H3. The third kappa shape index (κ3) is 3.04. The molecule has 0 saturated carbocycles. The number of hydrogen-bond acceptors (Lipinski definition) is 5. The summed E-state index contributed by atoms with van der Waals surface area (Å²) in [6.07, 6.45) is 0. The van der Waals surface area contributed by atoms with Crippen LogP contribution in [0.15, 0.2) is 23.1 Å². The number of nitrogens with zero attached hydrogens (tertiary/aromatic N) is 2. The summed E-state index contributed by atoms with van der Waals surface area (Å²) in [6, 6.07) is 3.75. The lowest BCUT2D eigenvalue weighted by molar-refractivity contribution is -0.385. The minimum atomic E-state index is -2.73. The van der Waals surface area contributed by atoms with Gasteiger partial charge in [0.2, 0.25) is 0 Å². The Morgan fingerprint density at radius 1 is 1.50 bits per heavy atom. The van der Waals surface area contributed by atoms with Gasteiger partial charge in [-0.1, -0.05) is 0 Å². The SMILES string of the molecule is BN(C)Cc1cc([N+](=O)[O-])ccc1[SH](=O)=O. The lowest BCUT2D eigenvalue weighted by atomic mass is 10.1. The monoisotopic (exact) mass is 242 g/mol. The average Bonchev–Trinajstić information content (AvgIpc) is 2.15. The number of rotatable bonds is 4. The van der Waals surface area contributed by atoms with Crippen molar-refractivity contribution in [1.29, 1.82) is 0 Å². The van der Waals surface area contributed by atoms with Crippen molar-refractivity contribution < 1.29 is 13.3 Å². The third-order valence-corrected chi connectivity index (χ3v) is 2.79. The van der Waals surface area contributed by atoms with E-state index >= 15 is 0 Å². The predicted octanol–water partition coefficient (Wildman–Crippen LogP) is -0.455. The molecule has 8 heteroatoms. The number of thiol groups is 1. The van der Waals surface area contributed by atoms with E-state index in [-0.39, 0.29) is 10.6 Å². The first kappa shape index (κ1) is 12.7. The second kappa shape index (κ2) is 5.08. The normalized spacial score (nSPS) is 10.9. The van der Waals surface area contributed by atoms with Gasteiger partial charge in [0.05, 0.1) is 9.82 Å². The Kier molecular flexibility index (Phi) is 4.02. The fourth-order valence-corrected chi connectivity index (χ4v) is 1.90. The van der Waals surface area contributed by atoms with Crippen LogP contribution in [0.5, 0.6) is 0 Å². The first-order valence-corrected chi connectivity index (χ1v) is 5.66. The number of non-ortho nitro benzene ring substituents is 1. The Hall–Kier alpha value is -1.41. The molecule has 0 aromatic heterocycles. The van der Waals surface area contributed by atoms with Crippen LogP contribution in [0.25, 0.3) is 0 Å². The van der Waals surface area contributed by atoms with Crippen molar-refractivity contribution >= 4 is 24.4 Å². The van der Waals surface area contributed by atoms with Crippen LogP contribution in [0.1, 0.15) is 5.56 Å². The van der Waals surface area contributed by atoms with Crippen LogP contribution >= 0.6 is 0 Å². The van der Waals surface area contributed by atoms with Crippen molar-refractivity contribution in [3.8, 4) is 0 Å². The van der Waals surface area contributed by atoms with Crippen molar-refractivity contribution in [2.24, 2.45) is 0 Å². The molecule has 0 aliphatic heterocycles. The largest absolute Gasteiger partial charge is 0.348 e. The van der Waals surface area contributed by atoms with Crippen LogP contribution in [0.2, 0.25) is 0 Å². The second-order valence-corrected chi connectivity index (χ2v) is 4.56. The van der Waals surface area contributed by atoms with E-state index in [2.05, 4.69) is 0 Å². The van der Waals surface area contributed by atoms with Crippen molar-refractivity contribution in [2.75, 3.05) is 7.05 Å². The zero-order valence-electron chi connectivity index (χ0n) is 8.91. The summed E-state index contributed by atoms with van der Waals surface area (Å²) in [7, 11) is 0.801. The van der Waals surface area contributed by atoms with Gasteiger partial charge in [0.1, 0.15) is 0 Å². The number of nitro groups is 1. The first-order valence-electron chi connectivity index (χ1n) is 4.48. The van der Waals surface area contributed by atoms with Gasteiger partial charge in [-0.15, -0.1) is 0 Å². The van der Waals surface area contributed by atoms with Gasteiger partial charge in [-0.2, -0.15) is 0 Å². The van der Waals surface area contributed by atoms with Gasteiger partial charge < -0.3 is 4.81 Å². The van der Waals surface area contributed by atoms with Crippen LogP contribution in [-0.2, 0) is 17.2 Å². The minimum Gasteiger partial charge on any atom is -0.348 e. The highest BCUT2D eigenvalue weighted by atomic mass is 32.2. The molecule has 1 aromatic carbocycles. The van der Waals surface area contributed by atoms with Crippen molar-refractivity contribution in [3.63, 3.8) is 0 Å². The summed E-state index contributed by atoms with van der Waals surface area (Å²) >= 11 is 0. The van der Waals surface area contributed by atoms with Gasteiger partial charge in [-0.3, -0.25) is 10.1 Å². The lowest BCUT2D eigenvalue weighted by Gasteiger charge is -2.11. The molecule has 6 nitrogen and oxygen atoms in total. The van der Waals surface area contributed by atoms with Crippen molar-refractivity contribution in [3.05, 3.63) is 33.9 Å². The quantitative estimate of drug-likeness (QED) is 0.334. The number of benzene rings is 1. The van der Waals surface area contributed by atoms with E-state index in [0.29, 0.717) is 12.1 Å². The van der Waals surface area contributed by atoms with E-state index in [1.807, 2.05) is 0 Å². The topological polar surface area (TPSA) is 80.5 Å². The highest BCUT2D eigenvalue weighted by molar-refractivity contribution is 7.72. The van der Waals surface area contributed by atoms with E-state index in [9.17, 15) is 18.5 Å². The molecule has 0 N–H and O–H groups in total. The van der Waals surface area contributed by atoms with Crippen LogP contribution in [0.3, 0.4) is 0 Å². The molecule has 16 heavy (non-hydrogen) atoms. The minimum absolute atomic E-state index is 0.0996. The maximum absolute atomic E-state index is 10.9. The molecule has 0 bridgehead atoms. The molecule has 0 radical (unpaired) electrons. The maximum atomic E-state index is 10.9. The molecule has 0 amide bonds. The van der Waals surface area contributed by atoms with E-state index < -0.39 is 15.6 Å². The van der Waals surface area contributed by atoms with Crippen LogP contribution in [0.4, 0.5) is 5.69 Å². The van der Waals surface area contributed by atoms with E-state index in [1.165, 1.54) is 18.2 Å². The first-order chi connectivity index (χ1) is 7.41. The molecule has 0 aliphatic rings. The zero-order chi connectivity index (χ0) is 12.3. The summed E-state index contributed by atoms with van der Waals surface area (Å²) in [4.78, 5) is 11.9. The predicted molar refractivity (Wildman–Crippen MR) is 61.7 cm³/mol. The molecular formula is C8H11BN2O4S. The molecule has 0 unspecified atom stereocenters. The van der Waals surface area contributed by atoms with Crippen molar-refractivity contribution in [2.45, 2.75) is 11.4 Å². The summed E-state index contributed by atoms with van der Waals surface area (Å²) in [6.45, 7) is 0.348. The Bertz CT molecular complexity index is 479. The van der Waals surface area contributed by atoms with Crippen LogP contribution < -0.4 is 0 Å². The Morgan fingerprint density at radius 3 is 2.56 bits per heavy atom. The maximum Gasteiger partial charge on any atom is 0.269 e. The highest BCUT2D eigenvalue weighted by Crippen LogP contribution is 2.19. The lowest BCUT2D eigenvalue weighted by Crippen LogP contribution is -2.14. The molecule has 0 spiro atoms. The highest BCUT2D eigenvalue weighted by Gasteiger charge is 2.12. The molecule has 0 fully saturated rings. The van der Waals surface area contributed by atoms with E-state index in [0.717, 1.165) is 0 Å². The summed E-state index contributed by atoms with van der Waals surface area (Å²) in [5, 5.41) is 10.6. The van der Waals surface area contributed by atoms with Gasteiger partial charge in [-0.25, -0.2) is 8.42 Å². The van der Waals surface area contributed by atoms with Gasteiger partial charge in [-0.05, 0) is 18.7 Å². The number of hydrogen-bond donors (Lipinski definition) is 1. The van der Waals surface area contributed by atoms with Crippen LogP contribution in [-0.4, -0.2) is 33.2 Å². The summed E-state index contributed by atoms with van der Waals surface area (Å²) in [5.74, 6) is 0. The summed E-state index contributed by atoms with van der Waals surface area (Å²) < 4.78 is 21.9. The van der Waals surface area contributed by atoms with Gasteiger partial charge in [0.25, 0.3) is 5.69 Å². The second-order valence-electron chi connectivity index (χ2n) is 3.57. The molecule has 0 aliphatic carbocycles. The van der Waals surface area contributed by atoms with Crippen LogP contribution in [0, 0.1) is 10.1 Å². The Morgan fingerprint density at radius 2 is 2.12 bits per heavy atom.